The van der Waals surface area contributed by atoms with Gasteiger partial charge in [0.2, 0.25) is 5.91 Å². The molecule has 1 amide bonds. The lowest BCUT2D eigenvalue weighted by atomic mass is 9.96. The van der Waals surface area contributed by atoms with E-state index in [2.05, 4.69) is 6.07 Å². The van der Waals surface area contributed by atoms with Gasteiger partial charge in [0.25, 0.3) is 0 Å². The highest BCUT2D eigenvalue weighted by molar-refractivity contribution is 5.88. The molecule has 3 aromatic rings. The van der Waals surface area contributed by atoms with E-state index in [-0.39, 0.29) is 17.6 Å². The van der Waals surface area contributed by atoms with Crippen molar-refractivity contribution in [3.8, 4) is 5.75 Å². The molecule has 0 heterocycles. The number of hydrogen-bond acceptors (Lipinski definition) is 2. The van der Waals surface area contributed by atoms with Crippen LogP contribution in [0.2, 0.25) is 0 Å². The van der Waals surface area contributed by atoms with Gasteiger partial charge in [0.1, 0.15) is 11.6 Å². The van der Waals surface area contributed by atoms with E-state index in [0.717, 1.165) is 40.5 Å². The Balaban J connectivity index is 1.56. The standard InChI is InChI=1S/C24H24FNO2/c1-16(18-5-6-20-14-23(28-2)12-7-19(20)13-18)24(27)26(22-10-11-22)15-17-3-8-21(25)9-4-17/h3-9,12-14,16,22H,10-11,15H2,1-2H3/t16-/m0/s1. The van der Waals surface area contributed by atoms with Gasteiger partial charge >= 0.3 is 0 Å². The molecule has 0 aliphatic heterocycles. The highest BCUT2D eigenvalue weighted by atomic mass is 19.1. The highest BCUT2D eigenvalue weighted by Gasteiger charge is 2.35. The molecule has 4 heteroatoms. The van der Waals surface area contributed by atoms with Crippen LogP contribution in [-0.2, 0) is 11.3 Å². The van der Waals surface area contributed by atoms with Gasteiger partial charge in [-0.25, -0.2) is 4.39 Å². The van der Waals surface area contributed by atoms with E-state index < -0.39 is 0 Å². The van der Waals surface area contributed by atoms with Crippen molar-refractivity contribution in [2.45, 2.75) is 38.3 Å². The first-order valence-corrected chi connectivity index (χ1v) is 9.68. The zero-order valence-corrected chi connectivity index (χ0v) is 16.2. The lowest BCUT2D eigenvalue weighted by Gasteiger charge is -2.26. The number of methoxy groups -OCH3 is 1. The summed E-state index contributed by atoms with van der Waals surface area (Å²) in [5.41, 5.74) is 1.96. The summed E-state index contributed by atoms with van der Waals surface area (Å²) in [6, 6.07) is 18.8. The fourth-order valence-corrected chi connectivity index (χ4v) is 3.59. The molecule has 0 saturated heterocycles. The Kier molecular flexibility index (Phi) is 5.03. The van der Waals surface area contributed by atoms with Gasteiger partial charge in [-0.3, -0.25) is 4.79 Å². The molecule has 1 atom stereocenters. The van der Waals surface area contributed by atoms with Gasteiger partial charge in [0.15, 0.2) is 0 Å². The van der Waals surface area contributed by atoms with Crippen LogP contribution in [0.4, 0.5) is 4.39 Å². The molecular weight excluding hydrogens is 353 g/mol. The Morgan fingerprint density at radius 3 is 2.43 bits per heavy atom. The van der Waals surface area contributed by atoms with Crippen molar-refractivity contribution in [3.63, 3.8) is 0 Å². The number of amides is 1. The molecule has 0 unspecified atom stereocenters. The minimum atomic E-state index is -0.255. The SMILES string of the molecule is COc1ccc2cc([C@H](C)C(=O)N(Cc3ccc(F)cc3)C3CC3)ccc2c1. The van der Waals surface area contributed by atoms with Crippen LogP contribution in [-0.4, -0.2) is 24.0 Å². The molecular formula is C24H24FNO2. The molecule has 1 aliphatic rings. The molecule has 0 spiro atoms. The zero-order valence-electron chi connectivity index (χ0n) is 16.2. The molecule has 0 N–H and O–H groups in total. The predicted octanol–water partition coefficient (Wildman–Crippen LogP) is 5.28. The third-order valence-corrected chi connectivity index (χ3v) is 5.48. The van der Waals surface area contributed by atoms with Crippen molar-refractivity contribution in [3.05, 3.63) is 77.6 Å². The number of hydrogen-bond donors (Lipinski definition) is 0. The summed E-state index contributed by atoms with van der Waals surface area (Å²) in [6.07, 6.45) is 2.08. The summed E-state index contributed by atoms with van der Waals surface area (Å²) in [5, 5.41) is 2.18. The first-order valence-electron chi connectivity index (χ1n) is 9.68. The van der Waals surface area contributed by atoms with Crippen LogP contribution in [0.15, 0.2) is 60.7 Å². The largest absolute Gasteiger partial charge is 0.497 e. The van der Waals surface area contributed by atoms with E-state index >= 15 is 0 Å². The number of nitrogens with zero attached hydrogens (tertiary/aromatic N) is 1. The third-order valence-electron chi connectivity index (χ3n) is 5.48. The van der Waals surface area contributed by atoms with Crippen LogP contribution in [0.25, 0.3) is 10.8 Å². The number of carbonyl (C=O) groups is 1. The summed E-state index contributed by atoms with van der Waals surface area (Å²) in [5.74, 6) is 0.463. The lowest BCUT2D eigenvalue weighted by molar-refractivity contribution is -0.133. The quantitative estimate of drug-likeness (QED) is 0.585. The Bertz CT molecular complexity index is 995. The van der Waals surface area contributed by atoms with Crippen LogP contribution in [0.1, 0.15) is 36.8 Å². The fraction of sp³-hybridized carbons (Fsp3) is 0.292. The van der Waals surface area contributed by atoms with Gasteiger partial charge in [-0.15, -0.1) is 0 Å². The lowest BCUT2D eigenvalue weighted by Crippen LogP contribution is -2.35. The number of fused-ring (bicyclic) bond motifs is 1. The minimum absolute atomic E-state index is 0.125. The van der Waals surface area contributed by atoms with Gasteiger partial charge in [-0.1, -0.05) is 36.4 Å². The predicted molar refractivity (Wildman–Crippen MR) is 109 cm³/mol. The first-order chi connectivity index (χ1) is 13.5. The smallest absolute Gasteiger partial charge is 0.230 e. The van der Waals surface area contributed by atoms with E-state index in [1.54, 1.807) is 19.2 Å². The Labute approximate surface area is 164 Å². The molecule has 1 fully saturated rings. The maximum atomic E-state index is 13.3. The molecule has 0 aromatic heterocycles. The fourth-order valence-electron chi connectivity index (χ4n) is 3.59. The van der Waals surface area contributed by atoms with E-state index in [0.29, 0.717) is 12.6 Å². The molecule has 28 heavy (non-hydrogen) atoms. The van der Waals surface area contributed by atoms with Crippen LogP contribution >= 0.6 is 0 Å². The number of ether oxygens (including phenoxy) is 1. The average molecular weight is 377 g/mol. The maximum absolute atomic E-state index is 13.3. The molecule has 3 aromatic carbocycles. The summed E-state index contributed by atoms with van der Waals surface area (Å²) < 4.78 is 18.5. The zero-order chi connectivity index (χ0) is 19.7. The van der Waals surface area contributed by atoms with Gasteiger partial charge < -0.3 is 9.64 Å². The normalized spacial score (nSPS) is 14.7. The molecule has 1 aliphatic carbocycles. The Morgan fingerprint density at radius 1 is 1.07 bits per heavy atom. The second kappa shape index (κ2) is 7.63. The second-order valence-corrected chi connectivity index (χ2v) is 7.52. The number of benzene rings is 3. The summed E-state index contributed by atoms with van der Waals surface area (Å²) in [7, 11) is 1.66. The summed E-state index contributed by atoms with van der Waals surface area (Å²) in [6.45, 7) is 2.49. The van der Waals surface area contributed by atoms with Gasteiger partial charge in [0.05, 0.1) is 13.0 Å². The summed E-state index contributed by atoms with van der Waals surface area (Å²) in [4.78, 5) is 15.2. The van der Waals surface area contributed by atoms with Gasteiger partial charge in [-0.2, -0.15) is 0 Å². The summed E-state index contributed by atoms with van der Waals surface area (Å²) >= 11 is 0. The van der Waals surface area contributed by atoms with Crippen molar-refractivity contribution in [1.82, 2.24) is 4.90 Å². The molecule has 3 nitrogen and oxygen atoms in total. The first kappa shape index (κ1) is 18.5. The molecule has 0 bridgehead atoms. The minimum Gasteiger partial charge on any atom is -0.497 e. The Morgan fingerprint density at radius 2 is 1.75 bits per heavy atom. The van der Waals surface area contributed by atoms with Crippen molar-refractivity contribution >= 4 is 16.7 Å². The molecule has 4 rings (SSSR count). The van der Waals surface area contributed by atoms with Crippen LogP contribution < -0.4 is 4.74 Å². The molecule has 1 saturated carbocycles. The maximum Gasteiger partial charge on any atom is 0.230 e. The Hall–Kier alpha value is -2.88. The highest BCUT2D eigenvalue weighted by Crippen LogP contribution is 2.33. The number of rotatable bonds is 6. The van der Waals surface area contributed by atoms with E-state index in [1.807, 2.05) is 42.2 Å². The van der Waals surface area contributed by atoms with Gasteiger partial charge in [0, 0.05) is 12.6 Å². The van der Waals surface area contributed by atoms with Crippen LogP contribution in [0, 0.1) is 5.82 Å². The van der Waals surface area contributed by atoms with Crippen molar-refractivity contribution in [2.24, 2.45) is 0 Å². The third kappa shape index (κ3) is 3.86. The number of carbonyl (C=O) groups excluding carboxylic acids is 1. The topological polar surface area (TPSA) is 29.5 Å². The van der Waals surface area contributed by atoms with Gasteiger partial charge in [-0.05, 0) is 65.9 Å². The van der Waals surface area contributed by atoms with E-state index in [1.165, 1.54) is 12.1 Å². The van der Waals surface area contributed by atoms with Crippen molar-refractivity contribution in [1.29, 1.82) is 0 Å². The van der Waals surface area contributed by atoms with E-state index in [4.69, 9.17) is 4.74 Å². The average Bonchev–Trinajstić information content (AvgIpc) is 3.56. The van der Waals surface area contributed by atoms with Crippen LogP contribution in [0.3, 0.4) is 0 Å². The van der Waals surface area contributed by atoms with Crippen LogP contribution in [0.5, 0.6) is 5.75 Å². The molecule has 144 valence electrons. The number of halogens is 1. The second-order valence-electron chi connectivity index (χ2n) is 7.52. The molecule has 0 radical (unpaired) electrons. The van der Waals surface area contributed by atoms with Crippen molar-refractivity contribution < 1.29 is 13.9 Å². The van der Waals surface area contributed by atoms with E-state index in [9.17, 15) is 9.18 Å². The van der Waals surface area contributed by atoms with Crippen molar-refractivity contribution in [2.75, 3.05) is 7.11 Å². The monoisotopic (exact) mass is 377 g/mol.